The quantitative estimate of drug-likeness (QED) is 0.601. The number of allylic oxidation sites excluding steroid dienone is 1. The van der Waals surface area contributed by atoms with Crippen LogP contribution in [0.2, 0.25) is 0 Å². The van der Waals surface area contributed by atoms with Crippen LogP contribution in [0.5, 0.6) is 0 Å². The van der Waals surface area contributed by atoms with E-state index in [1.807, 2.05) is 11.8 Å². The smallest absolute Gasteiger partial charge is 0.0475 e. The Kier molecular flexibility index (Phi) is 2.05. The number of fused-ring (bicyclic) bond motifs is 7. The van der Waals surface area contributed by atoms with Gasteiger partial charge in [-0.3, -0.25) is 0 Å². The van der Waals surface area contributed by atoms with E-state index in [1.165, 1.54) is 32.6 Å². The number of aromatic amines is 1. The van der Waals surface area contributed by atoms with E-state index in [-0.39, 0.29) is 0 Å². The molecule has 0 saturated carbocycles. The molecule has 2 atom stereocenters. The maximum atomic E-state index is 3.56. The Morgan fingerprint density at radius 3 is 2.80 bits per heavy atom. The Labute approximate surface area is 121 Å². The predicted molar refractivity (Wildman–Crippen MR) is 85.1 cm³/mol. The normalized spacial score (nSPS) is 22.6. The lowest BCUT2D eigenvalue weighted by molar-refractivity contribution is 0.823. The summed E-state index contributed by atoms with van der Waals surface area (Å²) >= 11 is 2.01. The topological polar surface area (TPSA) is 15.8 Å². The van der Waals surface area contributed by atoms with Crippen molar-refractivity contribution in [2.24, 2.45) is 0 Å². The summed E-state index contributed by atoms with van der Waals surface area (Å²) in [6.07, 6.45) is 4.63. The van der Waals surface area contributed by atoms with Gasteiger partial charge in [0.25, 0.3) is 0 Å². The lowest BCUT2D eigenvalue weighted by atomic mass is 9.86. The molecule has 1 N–H and O–H groups in total. The van der Waals surface area contributed by atoms with E-state index in [0.29, 0.717) is 11.2 Å². The van der Waals surface area contributed by atoms with Gasteiger partial charge in [-0.2, -0.15) is 0 Å². The number of hydrogen-bond acceptors (Lipinski definition) is 1. The zero-order valence-corrected chi connectivity index (χ0v) is 11.7. The summed E-state index contributed by atoms with van der Waals surface area (Å²) in [5.74, 6) is 0.517. The van der Waals surface area contributed by atoms with E-state index in [2.05, 4.69) is 65.7 Å². The van der Waals surface area contributed by atoms with Gasteiger partial charge in [0.2, 0.25) is 0 Å². The van der Waals surface area contributed by atoms with Gasteiger partial charge in [0.15, 0.2) is 0 Å². The number of hydrogen-bond donors (Lipinski definition) is 1. The van der Waals surface area contributed by atoms with Gasteiger partial charge >= 0.3 is 0 Å². The van der Waals surface area contributed by atoms with Gasteiger partial charge in [-0.25, -0.2) is 0 Å². The molecule has 1 aliphatic carbocycles. The molecule has 1 nitrogen and oxygen atoms in total. The predicted octanol–water partition coefficient (Wildman–Crippen LogP) is 5.13. The number of thioether (sulfide) groups is 1. The van der Waals surface area contributed by atoms with Crippen LogP contribution < -0.4 is 0 Å². The molecular formula is C18H13NS. The van der Waals surface area contributed by atoms with Crippen molar-refractivity contribution in [1.29, 1.82) is 0 Å². The van der Waals surface area contributed by atoms with Crippen molar-refractivity contribution in [2.75, 3.05) is 0 Å². The van der Waals surface area contributed by atoms with Crippen molar-refractivity contribution < 1.29 is 0 Å². The summed E-state index contributed by atoms with van der Waals surface area (Å²) in [4.78, 5) is 4.99. The number of para-hydroxylation sites is 1. The second-order valence-corrected chi connectivity index (χ2v) is 6.64. The first-order valence-electron chi connectivity index (χ1n) is 6.96. The third kappa shape index (κ3) is 1.30. The SMILES string of the molecule is C1=CC2c3ccccc3SC2c2c1[nH]c1ccccc21. The first-order chi connectivity index (χ1) is 9.92. The van der Waals surface area contributed by atoms with Crippen LogP contribution in [-0.4, -0.2) is 4.98 Å². The zero-order chi connectivity index (χ0) is 13.1. The van der Waals surface area contributed by atoms with Crippen molar-refractivity contribution in [3.8, 4) is 0 Å². The highest BCUT2D eigenvalue weighted by Crippen LogP contribution is 2.58. The monoisotopic (exact) mass is 275 g/mol. The molecule has 20 heavy (non-hydrogen) atoms. The number of nitrogens with one attached hydrogen (secondary N) is 1. The molecule has 0 bridgehead atoms. The molecule has 0 saturated heterocycles. The van der Waals surface area contributed by atoms with Gasteiger partial charge in [0, 0.05) is 32.7 Å². The molecule has 2 heterocycles. The summed E-state index contributed by atoms with van der Waals surface area (Å²) in [5.41, 5.74) is 5.50. The number of H-pyrrole nitrogens is 1. The summed E-state index contributed by atoms with van der Waals surface area (Å²) in [7, 11) is 0. The van der Waals surface area contributed by atoms with Crippen LogP contribution in [0.4, 0.5) is 0 Å². The fourth-order valence-electron chi connectivity index (χ4n) is 3.50. The van der Waals surface area contributed by atoms with E-state index in [0.717, 1.165) is 0 Å². The average Bonchev–Trinajstić information content (AvgIpc) is 3.04. The van der Waals surface area contributed by atoms with Gasteiger partial charge in [0.1, 0.15) is 0 Å². The molecule has 1 aliphatic heterocycles. The van der Waals surface area contributed by atoms with Crippen LogP contribution in [0.1, 0.15) is 28.0 Å². The Morgan fingerprint density at radius 1 is 0.950 bits per heavy atom. The summed E-state index contributed by atoms with van der Waals surface area (Å²) < 4.78 is 0. The van der Waals surface area contributed by atoms with Gasteiger partial charge in [-0.05, 0) is 29.3 Å². The maximum Gasteiger partial charge on any atom is 0.0475 e. The first kappa shape index (κ1) is 10.8. The largest absolute Gasteiger partial charge is 0.355 e. The van der Waals surface area contributed by atoms with E-state index in [4.69, 9.17) is 0 Å². The average molecular weight is 275 g/mol. The van der Waals surface area contributed by atoms with Crippen LogP contribution in [0.3, 0.4) is 0 Å². The molecule has 2 unspecified atom stereocenters. The molecule has 2 heteroatoms. The highest BCUT2D eigenvalue weighted by molar-refractivity contribution is 8.00. The Morgan fingerprint density at radius 2 is 1.80 bits per heavy atom. The minimum Gasteiger partial charge on any atom is -0.355 e. The molecular weight excluding hydrogens is 262 g/mol. The molecule has 0 radical (unpaired) electrons. The number of benzene rings is 2. The standard InChI is InChI=1S/C18H13NS/c1-3-7-14-13(6-1)17-15(19-14)10-9-12-11-5-2-4-8-16(11)20-18(12)17/h1-10,12,18-19H. The molecule has 1 aromatic heterocycles. The molecule has 2 aliphatic rings. The lowest BCUT2D eigenvalue weighted by Crippen LogP contribution is -2.05. The van der Waals surface area contributed by atoms with Crippen LogP contribution in [0, 0.1) is 0 Å². The third-order valence-electron chi connectivity index (χ3n) is 4.39. The summed E-state index contributed by atoms with van der Waals surface area (Å²) in [5, 5.41) is 1.89. The third-order valence-corrected chi connectivity index (χ3v) is 5.80. The fourth-order valence-corrected chi connectivity index (χ4v) is 5.03. The minimum absolute atomic E-state index is 0.517. The van der Waals surface area contributed by atoms with Crippen molar-refractivity contribution in [2.45, 2.75) is 16.1 Å². The van der Waals surface area contributed by atoms with Gasteiger partial charge in [-0.1, -0.05) is 42.5 Å². The maximum absolute atomic E-state index is 3.56. The van der Waals surface area contributed by atoms with E-state index in [9.17, 15) is 0 Å². The second-order valence-electron chi connectivity index (χ2n) is 5.46. The molecule has 2 aromatic carbocycles. The van der Waals surface area contributed by atoms with E-state index < -0.39 is 0 Å². The summed E-state index contributed by atoms with van der Waals surface area (Å²) in [6, 6.07) is 17.5. The lowest BCUT2D eigenvalue weighted by Gasteiger charge is -2.21. The van der Waals surface area contributed by atoms with Crippen LogP contribution in [0.25, 0.3) is 17.0 Å². The van der Waals surface area contributed by atoms with E-state index in [1.54, 1.807) is 0 Å². The Hall–Kier alpha value is -1.93. The van der Waals surface area contributed by atoms with Crippen molar-refractivity contribution >= 4 is 28.7 Å². The van der Waals surface area contributed by atoms with Crippen molar-refractivity contribution in [1.82, 2.24) is 4.98 Å². The van der Waals surface area contributed by atoms with E-state index >= 15 is 0 Å². The van der Waals surface area contributed by atoms with Gasteiger partial charge in [0.05, 0.1) is 0 Å². The van der Waals surface area contributed by atoms with Gasteiger partial charge < -0.3 is 4.98 Å². The van der Waals surface area contributed by atoms with Crippen LogP contribution in [0.15, 0.2) is 59.5 Å². The van der Waals surface area contributed by atoms with Crippen LogP contribution in [-0.2, 0) is 0 Å². The molecule has 0 spiro atoms. The summed E-state index contributed by atoms with van der Waals surface area (Å²) in [6.45, 7) is 0. The molecule has 5 rings (SSSR count). The van der Waals surface area contributed by atoms with Crippen molar-refractivity contribution in [3.63, 3.8) is 0 Å². The highest BCUT2D eigenvalue weighted by atomic mass is 32.2. The molecule has 96 valence electrons. The van der Waals surface area contributed by atoms with Gasteiger partial charge in [-0.15, -0.1) is 11.8 Å². The minimum atomic E-state index is 0.517. The number of aromatic nitrogens is 1. The first-order valence-corrected chi connectivity index (χ1v) is 7.84. The van der Waals surface area contributed by atoms with Crippen molar-refractivity contribution in [3.05, 3.63) is 71.4 Å². The second kappa shape index (κ2) is 3.80. The molecule has 0 amide bonds. The Balaban J connectivity index is 1.78. The molecule has 3 aromatic rings. The molecule has 0 fully saturated rings. The zero-order valence-electron chi connectivity index (χ0n) is 10.8. The highest BCUT2D eigenvalue weighted by Gasteiger charge is 2.37. The van der Waals surface area contributed by atoms with Crippen LogP contribution >= 0.6 is 11.8 Å². The fraction of sp³-hybridized carbons (Fsp3) is 0.111. The number of rotatable bonds is 0. The Bertz CT molecular complexity index is 859.